The van der Waals surface area contributed by atoms with E-state index in [0.29, 0.717) is 5.39 Å². The summed E-state index contributed by atoms with van der Waals surface area (Å²) in [4.78, 5) is 13.7. The van der Waals surface area contributed by atoms with E-state index in [9.17, 15) is 18.0 Å². The Hall–Kier alpha value is -1.78. The number of hydrogen-bond acceptors (Lipinski definition) is 1. The Bertz CT molecular complexity index is 513. The molecule has 0 spiro atoms. The van der Waals surface area contributed by atoms with Crippen LogP contribution in [0, 0.1) is 0 Å². The second-order valence-electron chi connectivity index (χ2n) is 3.07. The lowest BCUT2D eigenvalue weighted by molar-refractivity contribution is -0.0884. The fourth-order valence-electron chi connectivity index (χ4n) is 1.43. The number of ketones is 1. The van der Waals surface area contributed by atoms with E-state index in [0.717, 1.165) is 6.07 Å². The molecule has 1 aromatic heterocycles. The first-order valence-electron chi connectivity index (χ1n) is 4.18. The van der Waals surface area contributed by atoms with Gasteiger partial charge in [-0.3, -0.25) is 4.79 Å². The summed E-state index contributed by atoms with van der Waals surface area (Å²) in [6.45, 7) is 0. The highest BCUT2D eigenvalue weighted by Crippen LogP contribution is 2.25. The van der Waals surface area contributed by atoms with Gasteiger partial charge in [-0.1, -0.05) is 12.1 Å². The highest BCUT2D eigenvalue weighted by atomic mass is 19.4. The molecule has 0 atom stereocenters. The van der Waals surface area contributed by atoms with E-state index in [-0.39, 0.29) is 11.1 Å². The van der Waals surface area contributed by atoms with Gasteiger partial charge in [0.25, 0.3) is 5.78 Å². The third kappa shape index (κ3) is 1.60. The Balaban J connectivity index is 2.62. The van der Waals surface area contributed by atoms with Crippen LogP contribution in [0.5, 0.6) is 0 Å². The molecule has 0 fully saturated rings. The molecule has 15 heavy (non-hydrogen) atoms. The highest BCUT2D eigenvalue weighted by molar-refractivity contribution is 6.09. The van der Waals surface area contributed by atoms with Crippen molar-refractivity contribution in [1.82, 2.24) is 4.98 Å². The summed E-state index contributed by atoms with van der Waals surface area (Å²) >= 11 is 0. The molecule has 1 heterocycles. The fraction of sp³-hybridized carbons (Fsp3) is 0.100. The lowest BCUT2D eigenvalue weighted by Crippen LogP contribution is -2.22. The summed E-state index contributed by atoms with van der Waals surface area (Å²) in [7, 11) is 0. The molecule has 0 unspecified atom stereocenters. The van der Waals surface area contributed by atoms with Gasteiger partial charge in [-0.15, -0.1) is 0 Å². The first kappa shape index (κ1) is 9.76. The lowest BCUT2D eigenvalue weighted by Gasteiger charge is -2.05. The van der Waals surface area contributed by atoms with Gasteiger partial charge in [0, 0.05) is 11.6 Å². The number of para-hydroxylation sites is 1. The first-order chi connectivity index (χ1) is 7.00. The lowest BCUT2D eigenvalue weighted by atomic mass is 10.1. The van der Waals surface area contributed by atoms with E-state index >= 15 is 0 Å². The Kier molecular flexibility index (Phi) is 2.03. The normalized spacial score (nSPS) is 11.9. The van der Waals surface area contributed by atoms with Crippen LogP contribution >= 0.6 is 0 Å². The summed E-state index contributed by atoms with van der Waals surface area (Å²) < 4.78 is 36.6. The van der Waals surface area contributed by atoms with Crippen LogP contribution in [-0.4, -0.2) is 16.9 Å². The maximum Gasteiger partial charge on any atom is 0.454 e. The zero-order valence-corrected chi connectivity index (χ0v) is 7.43. The summed E-state index contributed by atoms with van der Waals surface area (Å²) in [6.07, 6.45) is -3.34. The summed E-state index contributed by atoms with van der Waals surface area (Å²) in [5.41, 5.74) is -0.121. The van der Waals surface area contributed by atoms with Crippen molar-refractivity contribution in [2.45, 2.75) is 6.18 Å². The number of carbonyl (C=O) groups excluding carboxylic acids is 1. The number of H-pyrrole nitrogens is 1. The van der Waals surface area contributed by atoms with Gasteiger partial charge in [-0.2, -0.15) is 13.2 Å². The molecule has 0 radical (unpaired) electrons. The third-order valence-corrected chi connectivity index (χ3v) is 2.09. The molecule has 78 valence electrons. The minimum atomic E-state index is -4.83. The molecule has 1 N–H and O–H groups in total. The fourth-order valence-corrected chi connectivity index (χ4v) is 1.43. The number of Topliss-reactive ketones (excluding diaryl/α,β-unsaturated/α-hetero) is 1. The molecule has 2 nitrogen and oxygen atoms in total. The van der Waals surface area contributed by atoms with E-state index in [2.05, 4.69) is 4.98 Å². The van der Waals surface area contributed by atoms with Crippen molar-refractivity contribution in [1.29, 1.82) is 0 Å². The molecule has 0 saturated heterocycles. The second kappa shape index (κ2) is 3.12. The average Bonchev–Trinajstić information content (AvgIpc) is 2.62. The van der Waals surface area contributed by atoms with Crippen molar-refractivity contribution in [2.75, 3.05) is 0 Å². The van der Waals surface area contributed by atoms with Crippen LogP contribution in [0.15, 0.2) is 30.5 Å². The molecular formula is C10H6F3NO. The number of halogens is 3. The van der Waals surface area contributed by atoms with E-state index in [1.54, 1.807) is 12.1 Å². The highest BCUT2D eigenvalue weighted by Gasteiger charge is 2.40. The van der Waals surface area contributed by atoms with Gasteiger partial charge >= 0.3 is 6.18 Å². The summed E-state index contributed by atoms with van der Waals surface area (Å²) in [6, 6.07) is 5.84. The number of fused-ring (bicyclic) bond motifs is 1. The molecule has 2 aromatic rings. The standard InChI is InChI=1S/C10H6F3NO/c11-10(12,13)9(15)7-3-1-2-6-4-5-14-8(6)7/h1-5,14H. The molecule has 0 aliphatic heterocycles. The molecule has 1 aromatic carbocycles. The number of benzene rings is 1. The molecule has 0 saturated carbocycles. The zero-order valence-electron chi connectivity index (χ0n) is 7.43. The van der Waals surface area contributed by atoms with Gasteiger partial charge in [-0.25, -0.2) is 0 Å². The van der Waals surface area contributed by atoms with Crippen LogP contribution in [0.25, 0.3) is 10.9 Å². The Morgan fingerprint density at radius 1 is 1.20 bits per heavy atom. The summed E-state index contributed by atoms with van der Waals surface area (Å²) in [5, 5.41) is 0.588. The number of alkyl halides is 3. The monoisotopic (exact) mass is 213 g/mol. The molecule has 0 bridgehead atoms. The van der Waals surface area contributed by atoms with Gasteiger partial charge in [0.1, 0.15) is 0 Å². The van der Waals surface area contributed by atoms with Crippen LogP contribution in [-0.2, 0) is 0 Å². The molecule has 0 aliphatic rings. The third-order valence-electron chi connectivity index (χ3n) is 2.09. The van der Waals surface area contributed by atoms with Gasteiger partial charge in [0.15, 0.2) is 0 Å². The van der Waals surface area contributed by atoms with Gasteiger partial charge < -0.3 is 4.98 Å². The van der Waals surface area contributed by atoms with Crippen LogP contribution in [0.3, 0.4) is 0 Å². The average molecular weight is 213 g/mol. The van der Waals surface area contributed by atoms with E-state index in [4.69, 9.17) is 0 Å². The van der Waals surface area contributed by atoms with Crippen LogP contribution in [0.1, 0.15) is 10.4 Å². The van der Waals surface area contributed by atoms with E-state index < -0.39 is 12.0 Å². The molecule has 0 aliphatic carbocycles. The number of hydrogen-bond donors (Lipinski definition) is 1. The predicted octanol–water partition coefficient (Wildman–Crippen LogP) is 2.91. The van der Waals surface area contributed by atoms with Crippen LogP contribution < -0.4 is 0 Å². The zero-order chi connectivity index (χ0) is 11.1. The summed E-state index contributed by atoms with van der Waals surface area (Å²) in [5.74, 6) is -1.82. The first-order valence-corrected chi connectivity index (χ1v) is 4.18. The van der Waals surface area contributed by atoms with Crippen molar-refractivity contribution >= 4 is 16.7 Å². The van der Waals surface area contributed by atoms with Crippen molar-refractivity contribution in [3.8, 4) is 0 Å². The van der Waals surface area contributed by atoms with Crippen LogP contribution in [0.2, 0.25) is 0 Å². The predicted molar refractivity (Wildman–Crippen MR) is 48.7 cm³/mol. The number of nitrogens with one attached hydrogen (secondary N) is 1. The maximum absolute atomic E-state index is 12.2. The second-order valence-corrected chi connectivity index (χ2v) is 3.07. The Morgan fingerprint density at radius 3 is 2.60 bits per heavy atom. The Labute approximate surface area is 82.7 Å². The molecule has 2 rings (SSSR count). The Morgan fingerprint density at radius 2 is 1.93 bits per heavy atom. The van der Waals surface area contributed by atoms with Crippen LogP contribution in [0.4, 0.5) is 13.2 Å². The van der Waals surface area contributed by atoms with E-state index in [1.165, 1.54) is 12.3 Å². The number of aromatic amines is 1. The van der Waals surface area contributed by atoms with E-state index in [1.807, 2.05) is 0 Å². The smallest absolute Gasteiger partial charge is 0.361 e. The minimum Gasteiger partial charge on any atom is -0.361 e. The number of aromatic nitrogens is 1. The molecule has 5 heteroatoms. The van der Waals surface area contributed by atoms with Gasteiger partial charge in [0.2, 0.25) is 0 Å². The largest absolute Gasteiger partial charge is 0.454 e. The van der Waals surface area contributed by atoms with Gasteiger partial charge in [0.05, 0.1) is 11.1 Å². The topological polar surface area (TPSA) is 32.9 Å². The maximum atomic E-state index is 12.2. The SMILES string of the molecule is O=C(c1cccc2cc[nH]c12)C(F)(F)F. The number of carbonyl (C=O) groups is 1. The molecular weight excluding hydrogens is 207 g/mol. The van der Waals surface area contributed by atoms with Crippen molar-refractivity contribution < 1.29 is 18.0 Å². The van der Waals surface area contributed by atoms with Crippen molar-refractivity contribution in [2.24, 2.45) is 0 Å². The van der Waals surface area contributed by atoms with Gasteiger partial charge in [-0.05, 0) is 12.1 Å². The minimum absolute atomic E-state index is 0.222. The quantitative estimate of drug-likeness (QED) is 0.726. The molecule has 0 amide bonds. The number of rotatable bonds is 1. The van der Waals surface area contributed by atoms with Crippen molar-refractivity contribution in [3.63, 3.8) is 0 Å². The van der Waals surface area contributed by atoms with Crippen molar-refractivity contribution in [3.05, 3.63) is 36.0 Å².